The Hall–Kier alpha value is -1.89. The van der Waals surface area contributed by atoms with Crippen LogP contribution in [0.2, 0.25) is 5.15 Å². The third-order valence-corrected chi connectivity index (χ3v) is 1.88. The van der Waals surface area contributed by atoms with Crippen molar-refractivity contribution in [2.75, 3.05) is 12.4 Å². The number of carboxylic acid groups (broad SMARTS) is 1. The molecule has 7 nitrogen and oxygen atoms in total. The van der Waals surface area contributed by atoms with Crippen LogP contribution in [0.3, 0.4) is 0 Å². The topological polar surface area (TPSA) is 105 Å². The number of nitrogens with one attached hydrogen (secondary N) is 1. The molecule has 0 bridgehead atoms. The fourth-order valence-corrected chi connectivity index (χ4v) is 1.24. The first-order valence-corrected chi connectivity index (χ1v) is 4.11. The van der Waals surface area contributed by atoms with Crippen molar-refractivity contribution in [3.63, 3.8) is 0 Å². The lowest BCUT2D eigenvalue weighted by molar-refractivity contribution is -0.384. The van der Waals surface area contributed by atoms with Crippen molar-refractivity contribution in [2.24, 2.45) is 0 Å². The first-order chi connectivity index (χ1) is 6.97. The molecule has 0 radical (unpaired) electrons. The summed E-state index contributed by atoms with van der Waals surface area (Å²) in [5.74, 6) is -1.30. The number of aromatic nitrogens is 1. The minimum atomic E-state index is -1.30. The Morgan fingerprint density at radius 3 is 2.73 bits per heavy atom. The van der Waals surface area contributed by atoms with Gasteiger partial charge in [0.1, 0.15) is 5.69 Å². The number of halogens is 1. The number of hydrogen-bond acceptors (Lipinski definition) is 5. The van der Waals surface area contributed by atoms with Gasteiger partial charge in [0.15, 0.2) is 5.69 Å². The van der Waals surface area contributed by atoms with Crippen molar-refractivity contribution in [1.29, 1.82) is 0 Å². The normalized spacial score (nSPS) is 9.73. The van der Waals surface area contributed by atoms with Crippen molar-refractivity contribution < 1.29 is 14.8 Å². The van der Waals surface area contributed by atoms with Gasteiger partial charge in [-0.3, -0.25) is 10.1 Å². The zero-order valence-electron chi connectivity index (χ0n) is 7.52. The van der Waals surface area contributed by atoms with Crippen molar-refractivity contribution in [2.45, 2.75) is 0 Å². The van der Waals surface area contributed by atoms with E-state index < -0.39 is 21.7 Å². The summed E-state index contributed by atoms with van der Waals surface area (Å²) in [7, 11) is 1.42. The summed E-state index contributed by atoms with van der Waals surface area (Å²) < 4.78 is 0. The lowest BCUT2D eigenvalue weighted by atomic mass is 10.3. The van der Waals surface area contributed by atoms with E-state index in [1.165, 1.54) is 7.05 Å². The lowest BCUT2D eigenvalue weighted by Gasteiger charge is -2.04. The summed E-state index contributed by atoms with van der Waals surface area (Å²) in [6.45, 7) is 0. The molecule has 0 aliphatic carbocycles. The van der Waals surface area contributed by atoms with Gasteiger partial charge in [0.2, 0.25) is 5.15 Å². The maximum absolute atomic E-state index is 10.6. The van der Waals surface area contributed by atoms with Crippen LogP contribution in [0.15, 0.2) is 6.07 Å². The van der Waals surface area contributed by atoms with Crippen molar-refractivity contribution in [3.05, 3.63) is 27.0 Å². The molecule has 15 heavy (non-hydrogen) atoms. The van der Waals surface area contributed by atoms with Gasteiger partial charge in [0.25, 0.3) is 0 Å². The highest BCUT2D eigenvalue weighted by Gasteiger charge is 2.22. The molecule has 1 rings (SSSR count). The quantitative estimate of drug-likeness (QED) is 0.463. The van der Waals surface area contributed by atoms with Crippen LogP contribution in [0.4, 0.5) is 11.4 Å². The minimum Gasteiger partial charge on any atom is -0.477 e. The van der Waals surface area contributed by atoms with E-state index in [-0.39, 0.29) is 11.4 Å². The van der Waals surface area contributed by atoms with Crippen molar-refractivity contribution in [3.8, 4) is 0 Å². The number of nitrogens with zero attached hydrogens (tertiary/aromatic N) is 2. The summed E-state index contributed by atoms with van der Waals surface area (Å²) in [6.07, 6.45) is 0. The van der Waals surface area contributed by atoms with E-state index in [1.807, 2.05) is 0 Å². The molecule has 8 heteroatoms. The molecule has 0 saturated heterocycles. The highest BCUT2D eigenvalue weighted by atomic mass is 35.5. The number of hydrogen-bond donors (Lipinski definition) is 2. The molecule has 0 aliphatic heterocycles. The molecule has 0 fully saturated rings. The molecule has 80 valence electrons. The minimum absolute atomic E-state index is 0.0115. The second-order valence-corrected chi connectivity index (χ2v) is 2.86. The molecule has 1 aromatic heterocycles. The zero-order valence-corrected chi connectivity index (χ0v) is 8.28. The van der Waals surface area contributed by atoms with Gasteiger partial charge in [-0.1, -0.05) is 11.6 Å². The van der Waals surface area contributed by atoms with E-state index in [2.05, 4.69) is 10.3 Å². The Morgan fingerprint density at radius 1 is 1.73 bits per heavy atom. The van der Waals surface area contributed by atoms with Crippen molar-refractivity contribution in [1.82, 2.24) is 4.98 Å². The molecule has 0 aromatic carbocycles. The van der Waals surface area contributed by atoms with Gasteiger partial charge in [-0.2, -0.15) is 0 Å². The second-order valence-electron chi connectivity index (χ2n) is 2.51. The molecule has 1 heterocycles. The Morgan fingerprint density at radius 2 is 2.33 bits per heavy atom. The number of carboxylic acids is 1. The predicted octanol–water partition coefficient (Wildman–Crippen LogP) is 1.38. The van der Waals surface area contributed by atoms with E-state index in [0.717, 1.165) is 6.07 Å². The van der Waals surface area contributed by atoms with Gasteiger partial charge in [-0.25, -0.2) is 9.78 Å². The summed E-state index contributed by atoms with van der Waals surface area (Å²) in [4.78, 5) is 23.8. The SMILES string of the molecule is CNc1cc(C(=O)O)nc(Cl)c1[N+](=O)[O-]. The van der Waals surface area contributed by atoms with Gasteiger partial charge >= 0.3 is 11.7 Å². The maximum atomic E-state index is 10.6. The van der Waals surface area contributed by atoms with Crippen LogP contribution in [0, 0.1) is 10.1 Å². The Bertz CT molecular complexity index is 434. The Kier molecular flexibility index (Phi) is 3.05. The number of anilines is 1. The molecule has 0 saturated carbocycles. The van der Waals surface area contributed by atoms with E-state index in [1.54, 1.807) is 0 Å². The first kappa shape index (κ1) is 11.2. The van der Waals surface area contributed by atoms with Crippen LogP contribution in [-0.2, 0) is 0 Å². The number of rotatable bonds is 3. The van der Waals surface area contributed by atoms with Crippen LogP contribution in [-0.4, -0.2) is 28.0 Å². The largest absolute Gasteiger partial charge is 0.477 e. The maximum Gasteiger partial charge on any atom is 0.354 e. The highest BCUT2D eigenvalue weighted by molar-refractivity contribution is 6.32. The van der Waals surface area contributed by atoms with Crippen LogP contribution >= 0.6 is 11.6 Å². The van der Waals surface area contributed by atoms with Gasteiger partial charge in [-0.05, 0) is 0 Å². The van der Waals surface area contributed by atoms with E-state index >= 15 is 0 Å². The summed E-state index contributed by atoms with van der Waals surface area (Å²) >= 11 is 5.50. The first-order valence-electron chi connectivity index (χ1n) is 3.73. The molecule has 0 amide bonds. The number of pyridine rings is 1. The second kappa shape index (κ2) is 4.09. The molecule has 1 aromatic rings. The third kappa shape index (κ3) is 2.13. The van der Waals surface area contributed by atoms with E-state index in [0.29, 0.717) is 0 Å². The van der Waals surface area contributed by atoms with Gasteiger partial charge in [-0.15, -0.1) is 0 Å². The number of aromatic carboxylic acids is 1. The molecule has 0 aliphatic rings. The average molecular weight is 232 g/mol. The summed E-state index contributed by atoms with van der Waals surface area (Å²) in [6, 6.07) is 1.05. The standard InChI is InChI=1S/C7H6ClN3O4/c1-9-3-2-4(7(12)13)10-6(8)5(3)11(14)15/h2H,1H3,(H,9,10)(H,12,13). The summed E-state index contributed by atoms with van der Waals surface area (Å²) in [5, 5.41) is 21.2. The van der Waals surface area contributed by atoms with Gasteiger partial charge in [0.05, 0.1) is 4.92 Å². The van der Waals surface area contributed by atoms with Crippen LogP contribution in [0.25, 0.3) is 0 Å². The molecule has 0 unspecified atom stereocenters. The van der Waals surface area contributed by atoms with Crippen LogP contribution in [0.1, 0.15) is 10.5 Å². The molecular weight excluding hydrogens is 226 g/mol. The van der Waals surface area contributed by atoms with E-state index in [9.17, 15) is 14.9 Å². The average Bonchev–Trinajstić information content (AvgIpc) is 2.15. The zero-order chi connectivity index (χ0) is 11.6. The smallest absolute Gasteiger partial charge is 0.354 e. The monoisotopic (exact) mass is 231 g/mol. The Balaban J connectivity index is 3.43. The molecule has 2 N–H and O–H groups in total. The molecule has 0 atom stereocenters. The van der Waals surface area contributed by atoms with Crippen LogP contribution < -0.4 is 5.32 Å². The molecule has 0 spiro atoms. The lowest BCUT2D eigenvalue weighted by Crippen LogP contribution is -2.05. The van der Waals surface area contributed by atoms with Crippen molar-refractivity contribution >= 4 is 28.9 Å². The fourth-order valence-electron chi connectivity index (χ4n) is 0.981. The fraction of sp³-hybridized carbons (Fsp3) is 0.143. The third-order valence-electron chi connectivity index (χ3n) is 1.62. The van der Waals surface area contributed by atoms with E-state index in [4.69, 9.17) is 16.7 Å². The van der Waals surface area contributed by atoms with Gasteiger partial charge in [0, 0.05) is 13.1 Å². The number of nitro groups is 1. The van der Waals surface area contributed by atoms with Crippen LogP contribution in [0.5, 0.6) is 0 Å². The number of carbonyl (C=O) groups is 1. The molecular formula is C7H6ClN3O4. The van der Waals surface area contributed by atoms with Gasteiger partial charge < -0.3 is 10.4 Å². The Labute approximate surface area is 88.8 Å². The highest BCUT2D eigenvalue weighted by Crippen LogP contribution is 2.31. The predicted molar refractivity (Wildman–Crippen MR) is 52.4 cm³/mol. The summed E-state index contributed by atoms with van der Waals surface area (Å²) in [5.41, 5.74) is -0.781.